The normalized spacial score (nSPS) is 28.5. The predicted octanol–water partition coefficient (Wildman–Crippen LogP) is 2.60. The van der Waals surface area contributed by atoms with Crippen LogP contribution < -0.4 is 10.2 Å². The molecule has 0 spiro atoms. The summed E-state index contributed by atoms with van der Waals surface area (Å²) >= 11 is 0. The Balaban J connectivity index is 1.81. The highest BCUT2D eigenvalue weighted by Gasteiger charge is 2.67. The molecule has 0 bridgehead atoms. The van der Waals surface area contributed by atoms with Gasteiger partial charge in [-0.2, -0.15) is 0 Å². The van der Waals surface area contributed by atoms with Crippen LogP contribution in [0.5, 0.6) is 0 Å². The van der Waals surface area contributed by atoms with Crippen molar-refractivity contribution in [1.29, 1.82) is 0 Å². The minimum atomic E-state index is -1.38. The van der Waals surface area contributed by atoms with E-state index >= 15 is 0 Å². The molecule has 2 aliphatic rings. The molecule has 1 N–H and O–H groups in total. The van der Waals surface area contributed by atoms with Crippen molar-refractivity contribution < 1.29 is 23.5 Å². The van der Waals surface area contributed by atoms with Crippen LogP contribution in [-0.2, 0) is 19.1 Å². The van der Waals surface area contributed by atoms with Gasteiger partial charge >= 0.3 is 5.97 Å². The van der Waals surface area contributed by atoms with E-state index in [2.05, 4.69) is 5.32 Å². The van der Waals surface area contributed by atoms with Gasteiger partial charge in [0, 0.05) is 6.04 Å². The van der Waals surface area contributed by atoms with Crippen LogP contribution in [-0.4, -0.2) is 29.9 Å². The molecule has 0 unspecified atom stereocenters. The Bertz CT molecular complexity index is 963. The van der Waals surface area contributed by atoms with Gasteiger partial charge in [-0.15, -0.1) is 0 Å². The minimum absolute atomic E-state index is 0.152. The molecular formula is C22H21FN2O4. The van der Waals surface area contributed by atoms with Crippen molar-refractivity contribution in [2.45, 2.75) is 25.4 Å². The molecule has 2 aromatic rings. The lowest BCUT2D eigenvalue weighted by Crippen LogP contribution is -2.54. The number of hydrogen-bond donors (Lipinski definition) is 1. The highest BCUT2D eigenvalue weighted by Crippen LogP contribution is 2.49. The first-order valence-corrected chi connectivity index (χ1v) is 9.51. The van der Waals surface area contributed by atoms with Gasteiger partial charge < -0.3 is 4.74 Å². The lowest BCUT2D eigenvalue weighted by atomic mass is 9.80. The molecule has 2 heterocycles. The van der Waals surface area contributed by atoms with Crippen LogP contribution in [0.2, 0.25) is 0 Å². The van der Waals surface area contributed by atoms with E-state index in [1.165, 1.54) is 12.1 Å². The molecule has 0 saturated carbocycles. The van der Waals surface area contributed by atoms with E-state index in [9.17, 15) is 18.8 Å². The summed E-state index contributed by atoms with van der Waals surface area (Å²) in [5.74, 6) is -3.56. The van der Waals surface area contributed by atoms with Crippen LogP contribution in [0, 0.1) is 17.7 Å². The lowest BCUT2D eigenvalue weighted by Gasteiger charge is -2.29. The van der Waals surface area contributed by atoms with Crippen molar-refractivity contribution in [2.24, 2.45) is 11.8 Å². The maximum Gasteiger partial charge on any atom is 0.326 e. The standard InChI is InChI=1S/C22H21FN2O4/c1-3-29-21(28)22(2)17-16(18(24-22)13-9-11-14(23)12-10-13)19(26)25(20(17)27)15-7-5-4-6-8-15/h4-12,16-18,24H,3H2,1-2H3/t16-,17-,18-,22-/m0/s1. The van der Waals surface area contributed by atoms with Crippen LogP contribution in [0.4, 0.5) is 10.1 Å². The quantitative estimate of drug-likeness (QED) is 0.635. The van der Waals surface area contributed by atoms with E-state index < -0.39 is 41.1 Å². The number of para-hydroxylation sites is 1. The fourth-order valence-corrected chi connectivity index (χ4v) is 4.40. The van der Waals surface area contributed by atoms with Crippen molar-refractivity contribution in [1.82, 2.24) is 5.32 Å². The third-order valence-corrected chi connectivity index (χ3v) is 5.73. The van der Waals surface area contributed by atoms with Gasteiger partial charge in [-0.1, -0.05) is 30.3 Å². The van der Waals surface area contributed by atoms with Crippen LogP contribution in [0.15, 0.2) is 54.6 Å². The Hall–Kier alpha value is -3.06. The number of carbonyl (C=O) groups is 3. The predicted molar refractivity (Wildman–Crippen MR) is 103 cm³/mol. The fourth-order valence-electron chi connectivity index (χ4n) is 4.40. The molecule has 7 heteroatoms. The van der Waals surface area contributed by atoms with Gasteiger partial charge in [0.05, 0.1) is 24.1 Å². The van der Waals surface area contributed by atoms with E-state index in [-0.39, 0.29) is 12.5 Å². The molecule has 0 aromatic heterocycles. The van der Waals surface area contributed by atoms with Crippen molar-refractivity contribution in [3.63, 3.8) is 0 Å². The number of nitrogens with zero attached hydrogens (tertiary/aromatic N) is 1. The second-order valence-corrected chi connectivity index (χ2v) is 7.45. The Kier molecular flexibility index (Phi) is 4.70. The number of ether oxygens (including phenoxy) is 1. The number of carbonyl (C=O) groups excluding carboxylic acids is 3. The summed E-state index contributed by atoms with van der Waals surface area (Å²) in [6.07, 6.45) is 0. The molecule has 2 saturated heterocycles. The number of imide groups is 1. The summed E-state index contributed by atoms with van der Waals surface area (Å²) in [6.45, 7) is 3.42. The molecule has 2 aromatic carbocycles. The molecule has 0 radical (unpaired) electrons. The van der Waals surface area contributed by atoms with Gasteiger partial charge in [-0.05, 0) is 43.7 Å². The fraction of sp³-hybridized carbons (Fsp3) is 0.318. The number of anilines is 1. The molecule has 4 atom stereocenters. The first-order chi connectivity index (χ1) is 13.9. The average molecular weight is 396 g/mol. The van der Waals surface area contributed by atoms with Gasteiger partial charge in [-0.25, -0.2) is 9.29 Å². The number of benzene rings is 2. The first kappa shape index (κ1) is 19.3. The van der Waals surface area contributed by atoms with E-state index in [1.54, 1.807) is 56.3 Å². The highest BCUT2D eigenvalue weighted by atomic mass is 19.1. The van der Waals surface area contributed by atoms with E-state index in [1.807, 2.05) is 0 Å². The number of rotatable bonds is 4. The van der Waals surface area contributed by atoms with Crippen LogP contribution in [0.3, 0.4) is 0 Å². The van der Waals surface area contributed by atoms with Gasteiger partial charge in [0.1, 0.15) is 11.4 Å². The number of amides is 2. The summed E-state index contributed by atoms with van der Waals surface area (Å²) in [5.41, 5.74) is -0.290. The lowest BCUT2D eigenvalue weighted by molar-refractivity contribution is -0.153. The Morgan fingerprint density at radius 3 is 2.38 bits per heavy atom. The third kappa shape index (κ3) is 2.93. The first-order valence-electron chi connectivity index (χ1n) is 9.51. The molecule has 2 fully saturated rings. The number of nitrogens with one attached hydrogen (secondary N) is 1. The SMILES string of the molecule is CCOC(=O)[C@@]1(C)N[C@@H](c2ccc(F)cc2)[C@H]2C(=O)N(c3ccccc3)C(=O)[C@H]21. The van der Waals surface area contributed by atoms with Gasteiger partial charge in [0.2, 0.25) is 11.8 Å². The number of hydrogen-bond acceptors (Lipinski definition) is 5. The van der Waals surface area contributed by atoms with E-state index in [4.69, 9.17) is 4.74 Å². The molecule has 6 nitrogen and oxygen atoms in total. The molecule has 150 valence electrons. The van der Waals surface area contributed by atoms with E-state index in [0.717, 1.165) is 4.90 Å². The van der Waals surface area contributed by atoms with Crippen LogP contribution in [0.1, 0.15) is 25.5 Å². The maximum absolute atomic E-state index is 13.4. The highest BCUT2D eigenvalue weighted by molar-refractivity contribution is 6.24. The Morgan fingerprint density at radius 2 is 1.76 bits per heavy atom. The largest absolute Gasteiger partial charge is 0.465 e. The number of halogens is 1. The van der Waals surface area contributed by atoms with Crippen LogP contribution in [0.25, 0.3) is 0 Å². The second kappa shape index (κ2) is 7.08. The van der Waals surface area contributed by atoms with Gasteiger partial charge in [-0.3, -0.25) is 19.7 Å². The van der Waals surface area contributed by atoms with Gasteiger partial charge in [0.25, 0.3) is 0 Å². The monoisotopic (exact) mass is 396 g/mol. The van der Waals surface area contributed by atoms with E-state index in [0.29, 0.717) is 11.3 Å². The zero-order valence-electron chi connectivity index (χ0n) is 16.1. The summed E-state index contributed by atoms with van der Waals surface area (Å²) in [4.78, 5) is 40.7. The molecule has 2 amide bonds. The van der Waals surface area contributed by atoms with Crippen molar-refractivity contribution in [2.75, 3.05) is 11.5 Å². The molecule has 2 aliphatic heterocycles. The number of esters is 1. The average Bonchev–Trinajstić information content (AvgIpc) is 3.17. The summed E-state index contributed by atoms with van der Waals surface area (Å²) in [7, 11) is 0. The zero-order valence-corrected chi connectivity index (χ0v) is 16.1. The molecule has 29 heavy (non-hydrogen) atoms. The zero-order chi connectivity index (χ0) is 20.8. The molecular weight excluding hydrogens is 375 g/mol. The Labute approximate surface area is 167 Å². The summed E-state index contributed by atoms with van der Waals surface area (Å²) in [6, 6.07) is 13.7. The summed E-state index contributed by atoms with van der Waals surface area (Å²) in [5, 5.41) is 3.16. The van der Waals surface area contributed by atoms with Gasteiger partial charge in [0.15, 0.2) is 0 Å². The molecule has 0 aliphatic carbocycles. The number of fused-ring (bicyclic) bond motifs is 1. The van der Waals surface area contributed by atoms with Crippen molar-refractivity contribution >= 4 is 23.5 Å². The summed E-state index contributed by atoms with van der Waals surface area (Å²) < 4.78 is 18.6. The smallest absolute Gasteiger partial charge is 0.326 e. The minimum Gasteiger partial charge on any atom is -0.465 e. The van der Waals surface area contributed by atoms with Crippen LogP contribution >= 0.6 is 0 Å². The van der Waals surface area contributed by atoms with Crippen molar-refractivity contribution in [3.8, 4) is 0 Å². The third-order valence-electron chi connectivity index (χ3n) is 5.73. The second-order valence-electron chi connectivity index (χ2n) is 7.45. The Morgan fingerprint density at radius 1 is 1.10 bits per heavy atom. The van der Waals surface area contributed by atoms with Crippen molar-refractivity contribution in [3.05, 3.63) is 66.0 Å². The maximum atomic E-state index is 13.4. The topological polar surface area (TPSA) is 75.7 Å². The molecule has 4 rings (SSSR count).